The van der Waals surface area contributed by atoms with Crippen LogP contribution >= 0.6 is 11.6 Å². The number of halogens is 1. The number of anilines is 2. The maximum Gasteiger partial charge on any atom is 0.247 e. The zero-order valence-corrected chi connectivity index (χ0v) is 18.6. The number of amides is 3. The van der Waals surface area contributed by atoms with Crippen LogP contribution in [0.4, 0.5) is 11.4 Å². The first-order chi connectivity index (χ1) is 15.5. The van der Waals surface area contributed by atoms with E-state index in [0.29, 0.717) is 30.1 Å². The van der Waals surface area contributed by atoms with Gasteiger partial charge in [0.1, 0.15) is 6.04 Å². The fourth-order valence-electron chi connectivity index (χ4n) is 5.48. The zero-order valence-electron chi connectivity index (χ0n) is 17.8. The first kappa shape index (κ1) is 21.0. The van der Waals surface area contributed by atoms with Crippen LogP contribution in [-0.2, 0) is 26.2 Å². The number of hydrogen-bond donors (Lipinski definition) is 2. The van der Waals surface area contributed by atoms with E-state index in [9.17, 15) is 14.4 Å². The van der Waals surface area contributed by atoms with Crippen LogP contribution in [0.25, 0.3) is 0 Å². The Bertz CT molecular complexity index is 1090. The SMILES string of the molecule is O=C1Cc2cc(NC(=O)[C@H]3CCCN3C(=O)C3(c4cccc(Cl)c4)CCCC3)ccc2N1. The molecule has 0 aromatic heterocycles. The third-order valence-electron chi connectivity index (χ3n) is 7.06. The lowest BCUT2D eigenvalue weighted by Gasteiger charge is -2.35. The molecule has 2 aliphatic heterocycles. The monoisotopic (exact) mass is 451 g/mol. The lowest BCUT2D eigenvalue weighted by atomic mass is 9.77. The van der Waals surface area contributed by atoms with Crippen LogP contribution in [0.2, 0.25) is 5.02 Å². The van der Waals surface area contributed by atoms with Crippen molar-refractivity contribution in [3.05, 3.63) is 58.6 Å². The normalized spacial score (nSPS) is 21.3. The molecule has 0 radical (unpaired) electrons. The van der Waals surface area contributed by atoms with Crippen molar-refractivity contribution in [1.82, 2.24) is 4.90 Å². The fourth-order valence-corrected chi connectivity index (χ4v) is 5.67. The molecule has 1 aliphatic carbocycles. The number of fused-ring (bicyclic) bond motifs is 1. The standard InChI is InChI=1S/C25H26ClN3O3/c26-18-6-3-5-17(15-18)25(10-1-2-11-25)24(32)29-12-4-7-21(29)23(31)27-19-8-9-20-16(13-19)14-22(30)28-20/h3,5-6,8-9,13,15,21H,1-2,4,7,10-12,14H2,(H,27,31)(H,28,30)/t21-/m1/s1. The molecule has 0 spiro atoms. The molecule has 1 atom stereocenters. The molecule has 32 heavy (non-hydrogen) atoms. The molecule has 2 heterocycles. The molecule has 5 rings (SSSR count). The number of carbonyl (C=O) groups is 3. The second-order valence-corrected chi connectivity index (χ2v) is 9.48. The minimum atomic E-state index is -0.604. The molecule has 3 aliphatic rings. The topological polar surface area (TPSA) is 78.5 Å². The van der Waals surface area contributed by atoms with E-state index in [1.807, 2.05) is 30.3 Å². The lowest BCUT2D eigenvalue weighted by molar-refractivity contribution is -0.141. The van der Waals surface area contributed by atoms with Crippen molar-refractivity contribution >= 4 is 40.7 Å². The summed E-state index contributed by atoms with van der Waals surface area (Å²) >= 11 is 6.25. The number of benzene rings is 2. The molecular weight excluding hydrogens is 426 g/mol. The summed E-state index contributed by atoms with van der Waals surface area (Å²) in [6, 6.07) is 12.5. The van der Waals surface area contributed by atoms with E-state index in [-0.39, 0.29) is 17.7 Å². The second-order valence-electron chi connectivity index (χ2n) is 9.04. The Balaban J connectivity index is 1.37. The first-order valence-electron chi connectivity index (χ1n) is 11.3. The molecule has 2 N–H and O–H groups in total. The Hall–Kier alpha value is -2.86. The van der Waals surface area contributed by atoms with Gasteiger partial charge in [-0.3, -0.25) is 14.4 Å². The van der Waals surface area contributed by atoms with Gasteiger partial charge in [-0.05, 0) is 67.1 Å². The predicted molar refractivity (Wildman–Crippen MR) is 124 cm³/mol. The molecule has 0 bridgehead atoms. The molecule has 166 valence electrons. The number of likely N-dealkylation sites (tertiary alicyclic amines) is 1. The zero-order chi connectivity index (χ0) is 22.3. The lowest BCUT2D eigenvalue weighted by Crippen LogP contribution is -2.51. The summed E-state index contributed by atoms with van der Waals surface area (Å²) in [6.45, 7) is 0.585. The van der Waals surface area contributed by atoms with Crippen molar-refractivity contribution in [2.45, 2.75) is 56.4 Å². The highest BCUT2D eigenvalue weighted by Crippen LogP contribution is 2.44. The third kappa shape index (κ3) is 3.66. The smallest absolute Gasteiger partial charge is 0.247 e. The molecule has 6 nitrogen and oxygen atoms in total. The predicted octanol–water partition coefficient (Wildman–Crippen LogP) is 4.28. The van der Waals surface area contributed by atoms with Crippen LogP contribution in [-0.4, -0.2) is 35.2 Å². The van der Waals surface area contributed by atoms with Crippen molar-refractivity contribution in [1.29, 1.82) is 0 Å². The summed E-state index contributed by atoms with van der Waals surface area (Å²) in [5.41, 5.74) is 2.66. The van der Waals surface area contributed by atoms with E-state index >= 15 is 0 Å². The van der Waals surface area contributed by atoms with Gasteiger partial charge >= 0.3 is 0 Å². The summed E-state index contributed by atoms with van der Waals surface area (Å²) in [7, 11) is 0. The third-order valence-corrected chi connectivity index (χ3v) is 7.29. The van der Waals surface area contributed by atoms with Gasteiger partial charge in [-0.2, -0.15) is 0 Å². The molecule has 1 saturated carbocycles. The van der Waals surface area contributed by atoms with Crippen LogP contribution in [0.1, 0.15) is 49.7 Å². The Morgan fingerprint density at radius 1 is 1.09 bits per heavy atom. The van der Waals surface area contributed by atoms with Gasteiger partial charge in [0.25, 0.3) is 0 Å². The van der Waals surface area contributed by atoms with Gasteiger partial charge in [-0.25, -0.2) is 0 Å². The van der Waals surface area contributed by atoms with Crippen LogP contribution in [0.5, 0.6) is 0 Å². The summed E-state index contributed by atoms with van der Waals surface area (Å²) < 4.78 is 0. The van der Waals surface area contributed by atoms with Gasteiger partial charge in [-0.1, -0.05) is 36.6 Å². The molecule has 3 amide bonds. The number of nitrogens with one attached hydrogen (secondary N) is 2. The Morgan fingerprint density at radius 2 is 1.91 bits per heavy atom. The highest BCUT2D eigenvalue weighted by Gasteiger charge is 2.48. The van der Waals surface area contributed by atoms with Crippen LogP contribution in [0.15, 0.2) is 42.5 Å². The van der Waals surface area contributed by atoms with Crippen molar-refractivity contribution in [2.24, 2.45) is 0 Å². The highest BCUT2D eigenvalue weighted by atomic mass is 35.5. The van der Waals surface area contributed by atoms with Crippen molar-refractivity contribution < 1.29 is 14.4 Å². The maximum atomic E-state index is 13.9. The molecule has 2 aromatic rings. The minimum Gasteiger partial charge on any atom is -0.330 e. The molecule has 0 unspecified atom stereocenters. The molecule has 1 saturated heterocycles. The van der Waals surface area contributed by atoms with E-state index in [0.717, 1.165) is 48.9 Å². The van der Waals surface area contributed by atoms with Gasteiger partial charge < -0.3 is 15.5 Å². The Morgan fingerprint density at radius 3 is 2.69 bits per heavy atom. The molecular formula is C25H26ClN3O3. The highest BCUT2D eigenvalue weighted by molar-refractivity contribution is 6.30. The summed E-state index contributed by atoms with van der Waals surface area (Å²) in [5.74, 6) is -0.176. The average Bonchev–Trinajstić information content (AvgIpc) is 3.52. The van der Waals surface area contributed by atoms with E-state index in [4.69, 9.17) is 11.6 Å². The molecule has 2 fully saturated rings. The van der Waals surface area contributed by atoms with Gasteiger partial charge in [0, 0.05) is 22.9 Å². The van der Waals surface area contributed by atoms with Gasteiger partial charge in [-0.15, -0.1) is 0 Å². The fraction of sp³-hybridized carbons (Fsp3) is 0.400. The quantitative estimate of drug-likeness (QED) is 0.728. The van der Waals surface area contributed by atoms with Gasteiger partial charge in [0.05, 0.1) is 11.8 Å². The number of hydrogen-bond acceptors (Lipinski definition) is 3. The number of carbonyl (C=O) groups excluding carboxylic acids is 3. The molecule has 7 heteroatoms. The summed E-state index contributed by atoms with van der Waals surface area (Å²) in [4.78, 5) is 40.5. The number of rotatable bonds is 4. The van der Waals surface area contributed by atoms with E-state index in [2.05, 4.69) is 10.6 Å². The van der Waals surface area contributed by atoms with Crippen LogP contribution in [0, 0.1) is 0 Å². The molecule has 2 aromatic carbocycles. The van der Waals surface area contributed by atoms with E-state index in [1.165, 1.54) is 0 Å². The van der Waals surface area contributed by atoms with Gasteiger partial charge in [0.15, 0.2) is 0 Å². The summed E-state index contributed by atoms with van der Waals surface area (Å²) in [5, 5.41) is 6.39. The maximum absolute atomic E-state index is 13.9. The van der Waals surface area contributed by atoms with E-state index < -0.39 is 11.5 Å². The van der Waals surface area contributed by atoms with Crippen LogP contribution in [0.3, 0.4) is 0 Å². The Kier molecular flexibility index (Phi) is 5.41. The first-order valence-corrected chi connectivity index (χ1v) is 11.6. The number of nitrogens with zero attached hydrogens (tertiary/aromatic N) is 1. The Labute approximate surface area is 192 Å². The van der Waals surface area contributed by atoms with Crippen LogP contribution < -0.4 is 10.6 Å². The average molecular weight is 452 g/mol. The van der Waals surface area contributed by atoms with Gasteiger partial charge in [0.2, 0.25) is 17.7 Å². The van der Waals surface area contributed by atoms with Crippen molar-refractivity contribution in [2.75, 3.05) is 17.2 Å². The van der Waals surface area contributed by atoms with Crippen molar-refractivity contribution in [3.8, 4) is 0 Å². The van der Waals surface area contributed by atoms with Crippen molar-refractivity contribution in [3.63, 3.8) is 0 Å². The van der Waals surface area contributed by atoms with E-state index in [1.54, 1.807) is 17.0 Å². The minimum absolute atomic E-state index is 0.0404. The second kappa shape index (κ2) is 8.24. The largest absolute Gasteiger partial charge is 0.330 e. The summed E-state index contributed by atoms with van der Waals surface area (Å²) in [6.07, 6.45) is 5.31.